The molecule has 6 heteroatoms. The third kappa shape index (κ3) is 4.86. The van der Waals surface area contributed by atoms with Crippen LogP contribution in [0.1, 0.15) is 21.5 Å². The van der Waals surface area contributed by atoms with Crippen molar-refractivity contribution >= 4 is 23.2 Å². The van der Waals surface area contributed by atoms with Gasteiger partial charge in [-0.3, -0.25) is 9.59 Å². The monoisotopic (exact) mass is 415 g/mol. The standard InChI is InChI=1S/C25H25N3O3/c1-28(2)21-11-5-7-17(13-21)16-26-24(29)19-9-6-10-20(14-19)27-25(30)23-15-18-8-3-4-12-22(18)31-23/h3-14,23H,15-16H2,1-2H3,(H,26,29)(H,27,30). The predicted octanol–water partition coefficient (Wildman–Crippen LogP) is 3.62. The number of benzene rings is 3. The molecule has 4 rings (SSSR count). The van der Waals surface area contributed by atoms with Gasteiger partial charge in [-0.2, -0.15) is 0 Å². The van der Waals surface area contributed by atoms with Crippen LogP contribution in [0.4, 0.5) is 11.4 Å². The second-order valence-electron chi connectivity index (χ2n) is 7.74. The lowest BCUT2D eigenvalue weighted by atomic mass is 10.1. The van der Waals surface area contributed by atoms with E-state index in [1.807, 2.05) is 67.5 Å². The van der Waals surface area contributed by atoms with Crippen molar-refractivity contribution < 1.29 is 14.3 Å². The molecule has 1 unspecified atom stereocenters. The van der Waals surface area contributed by atoms with Crippen molar-refractivity contribution in [2.75, 3.05) is 24.3 Å². The summed E-state index contributed by atoms with van der Waals surface area (Å²) in [6.45, 7) is 0.422. The number of hydrogen-bond donors (Lipinski definition) is 2. The fourth-order valence-electron chi connectivity index (χ4n) is 3.52. The SMILES string of the molecule is CN(C)c1cccc(CNC(=O)c2cccc(NC(=O)C3Cc4ccccc4O3)c2)c1. The molecule has 3 aromatic rings. The minimum absolute atomic E-state index is 0.198. The zero-order valence-electron chi connectivity index (χ0n) is 17.6. The first-order chi connectivity index (χ1) is 15.0. The number of anilines is 2. The number of carbonyl (C=O) groups is 2. The molecule has 0 bridgehead atoms. The minimum atomic E-state index is -0.571. The van der Waals surface area contributed by atoms with Gasteiger partial charge in [0, 0.05) is 44.0 Å². The Balaban J connectivity index is 1.36. The van der Waals surface area contributed by atoms with E-state index in [4.69, 9.17) is 4.74 Å². The van der Waals surface area contributed by atoms with Gasteiger partial charge in [0.25, 0.3) is 11.8 Å². The highest BCUT2D eigenvalue weighted by Gasteiger charge is 2.28. The van der Waals surface area contributed by atoms with Crippen molar-refractivity contribution in [2.24, 2.45) is 0 Å². The second-order valence-corrected chi connectivity index (χ2v) is 7.74. The zero-order chi connectivity index (χ0) is 21.8. The molecule has 0 saturated carbocycles. The lowest BCUT2D eigenvalue weighted by Crippen LogP contribution is -2.31. The number of fused-ring (bicyclic) bond motifs is 1. The number of nitrogens with zero attached hydrogens (tertiary/aromatic N) is 1. The summed E-state index contributed by atoms with van der Waals surface area (Å²) in [6.07, 6.45) is -0.0346. The Kier molecular flexibility index (Phi) is 5.89. The molecule has 2 amide bonds. The molecule has 1 atom stereocenters. The molecule has 1 heterocycles. The van der Waals surface area contributed by atoms with Crippen LogP contribution >= 0.6 is 0 Å². The highest BCUT2D eigenvalue weighted by molar-refractivity contribution is 5.98. The first-order valence-corrected chi connectivity index (χ1v) is 10.2. The smallest absolute Gasteiger partial charge is 0.265 e. The van der Waals surface area contributed by atoms with Gasteiger partial charge >= 0.3 is 0 Å². The van der Waals surface area contributed by atoms with Crippen LogP contribution < -0.4 is 20.3 Å². The van der Waals surface area contributed by atoms with Crippen LogP contribution in [-0.4, -0.2) is 32.0 Å². The molecule has 0 fully saturated rings. The van der Waals surface area contributed by atoms with Gasteiger partial charge in [-0.05, 0) is 47.5 Å². The minimum Gasteiger partial charge on any atom is -0.480 e. The van der Waals surface area contributed by atoms with Crippen LogP contribution in [-0.2, 0) is 17.8 Å². The summed E-state index contributed by atoms with van der Waals surface area (Å²) < 4.78 is 5.74. The molecule has 3 aromatic carbocycles. The van der Waals surface area contributed by atoms with Crippen LogP contribution in [0.15, 0.2) is 72.8 Å². The van der Waals surface area contributed by atoms with E-state index in [1.165, 1.54) is 0 Å². The summed E-state index contributed by atoms with van der Waals surface area (Å²) in [5.74, 6) is 0.319. The highest BCUT2D eigenvalue weighted by Crippen LogP contribution is 2.28. The second kappa shape index (κ2) is 8.92. The summed E-state index contributed by atoms with van der Waals surface area (Å²) in [4.78, 5) is 27.3. The summed E-state index contributed by atoms with van der Waals surface area (Å²) in [5.41, 5.74) is 4.16. The number of amides is 2. The van der Waals surface area contributed by atoms with Gasteiger partial charge in [0.1, 0.15) is 5.75 Å². The number of para-hydroxylation sites is 1. The Morgan fingerprint density at radius 2 is 1.81 bits per heavy atom. The van der Waals surface area contributed by atoms with Gasteiger partial charge in [0.05, 0.1) is 0 Å². The number of ether oxygens (including phenoxy) is 1. The van der Waals surface area contributed by atoms with E-state index in [0.717, 1.165) is 22.6 Å². The highest BCUT2D eigenvalue weighted by atomic mass is 16.5. The molecule has 0 aromatic heterocycles. The summed E-state index contributed by atoms with van der Waals surface area (Å²) >= 11 is 0. The van der Waals surface area contributed by atoms with E-state index in [2.05, 4.69) is 10.6 Å². The molecular weight excluding hydrogens is 390 g/mol. The van der Waals surface area contributed by atoms with Gasteiger partial charge in [-0.15, -0.1) is 0 Å². The Morgan fingerprint density at radius 3 is 2.61 bits per heavy atom. The zero-order valence-corrected chi connectivity index (χ0v) is 17.6. The predicted molar refractivity (Wildman–Crippen MR) is 122 cm³/mol. The molecule has 2 N–H and O–H groups in total. The van der Waals surface area contributed by atoms with E-state index in [9.17, 15) is 9.59 Å². The van der Waals surface area contributed by atoms with Crippen LogP contribution in [0.3, 0.4) is 0 Å². The van der Waals surface area contributed by atoms with Gasteiger partial charge < -0.3 is 20.3 Å². The topological polar surface area (TPSA) is 70.7 Å². The third-order valence-electron chi connectivity index (χ3n) is 5.21. The summed E-state index contributed by atoms with van der Waals surface area (Å²) in [6, 6.07) is 22.6. The molecule has 1 aliphatic rings. The third-order valence-corrected chi connectivity index (χ3v) is 5.21. The maximum atomic E-state index is 12.6. The maximum Gasteiger partial charge on any atom is 0.265 e. The molecule has 0 spiro atoms. The molecule has 0 aliphatic carbocycles. The lowest BCUT2D eigenvalue weighted by molar-refractivity contribution is -0.122. The maximum absolute atomic E-state index is 12.6. The van der Waals surface area contributed by atoms with E-state index < -0.39 is 6.10 Å². The number of nitrogens with one attached hydrogen (secondary N) is 2. The average Bonchev–Trinajstić information content (AvgIpc) is 3.22. The van der Waals surface area contributed by atoms with Crippen LogP contribution in [0.5, 0.6) is 5.75 Å². The van der Waals surface area contributed by atoms with E-state index in [0.29, 0.717) is 24.2 Å². The first kappa shape index (κ1) is 20.5. The molecule has 1 aliphatic heterocycles. The Bertz CT molecular complexity index is 1090. The van der Waals surface area contributed by atoms with Crippen molar-refractivity contribution in [1.82, 2.24) is 5.32 Å². The average molecular weight is 415 g/mol. The lowest BCUT2D eigenvalue weighted by Gasteiger charge is -2.14. The Morgan fingerprint density at radius 1 is 1.00 bits per heavy atom. The fraction of sp³-hybridized carbons (Fsp3) is 0.200. The van der Waals surface area contributed by atoms with Crippen molar-refractivity contribution in [3.8, 4) is 5.75 Å². The molecule has 0 radical (unpaired) electrons. The first-order valence-electron chi connectivity index (χ1n) is 10.2. The summed E-state index contributed by atoms with van der Waals surface area (Å²) in [7, 11) is 3.96. The molecular formula is C25H25N3O3. The van der Waals surface area contributed by atoms with E-state index in [1.54, 1.807) is 24.3 Å². The van der Waals surface area contributed by atoms with E-state index in [-0.39, 0.29) is 11.8 Å². The quantitative estimate of drug-likeness (QED) is 0.645. The van der Waals surface area contributed by atoms with E-state index >= 15 is 0 Å². The van der Waals surface area contributed by atoms with Crippen LogP contribution in [0.25, 0.3) is 0 Å². The molecule has 158 valence electrons. The van der Waals surface area contributed by atoms with Gasteiger partial charge in [0.15, 0.2) is 6.10 Å². The molecule has 0 saturated heterocycles. The number of carbonyl (C=O) groups excluding carboxylic acids is 2. The van der Waals surface area contributed by atoms with Gasteiger partial charge in [-0.1, -0.05) is 36.4 Å². The molecule has 6 nitrogen and oxygen atoms in total. The number of rotatable bonds is 6. The van der Waals surface area contributed by atoms with Crippen molar-refractivity contribution in [3.63, 3.8) is 0 Å². The Labute approximate surface area is 181 Å². The van der Waals surface area contributed by atoms with Crippen molar-refractivity contribution in [1.29, 1.82) is 0 Å². The summed E-state index contributed by atoms with van der Waals surface area (Å²) in [5, 5.41) is 5.79. The van der Waals surface area contributed by atoms with Crippen LogP contribution in [0.2, 0.25) is 0 Å². The normalized spacial score (nSPS) is 14.3. The van der Waals surface area contributed by atoms with Crippen LogP contribution in [0, 0.1) is 0 Å². The molecule has 31 heavy (non-hydrogen) atoms. The Hall–Kier alpha value is -3.80. The van der Waals surface area contributed by atoms with Crippen molar-refractivity contribution in [3.05, 3.63) is 89.5 Å². The van der Waals surface area contributed by atoms with Crippen molar-refractivity contribution in [2.45, 2.75) is 19.1 Å². The largest absolute Gasteiger partial charge is 0.480 e. The van der Waals surface area contributed by atoms with Gasteiger partial charge in [-0.25, -0.2) is 0 Å². The van der Waals surface area contributed by atoms with Gasteiger partial charge in [0.2, 0.25) is 0 Å². The fourth-order valence-corrected chi connectivity index (χ4v) is 3.52. The number of hydrogen-bond acceptors (Lipinski definition) is 4.